The van der Waals surface area contributed by atoms with Crippen molar-refractivity contribution in [3.8, 4) is 0 Å². The summed E-state index contributed by atoms with van der Waals surface area (Å²) in [7, 11) is -3.53. The topological polar surface area (TPSA) is 80.3 Å². The summed E-state index contributed by atoms with van der Waals surface area (Å²) in [6.07, 6.45) is 1.02. The summed E-state index contributed by atoms with van der Waals surface area (Å²) in [4.78, 5) is 23.3. The lowest BCUT2D eigenvalue weighted by Crippen LogP contribution is -2.13. The number of nitrogens with one attached hydrogen (secondary N) is 1. The molecule has 0 fully saturated rings. The molecule has 0 saturated carbocycles. The molecular weight excluding hydrogens is 338 g/mol. The largest absolute Gasteiger partial charge is 0.322 e. The second-order valence-corrected chi connectivity index (χ2v) is 7.40. The standard InChI is InChI=1S/C16H14ClNO4S/c1-10(19)11-3-6-13(7-4-11)18-16(20)12-5-8-14(17)15(9-12)23(2,21)22/h3-9H,1-2H3,(H,18,20). The lowest BCUT2D eigenvalue weighted by Gasteiger charge is -2.08. The van der Waals surface area contributed by atoms with Gasteiger partial charge in [0.25, 0.3) is 5.91 Å². The molecular formula is C16H14ClNO4S. The van der Waals surface area contributed by atoms with Gasteiger partial charge in [-0.1, -0.05) is 11.6 Å². The molecule has 0 radical (unpaired) electrons. The smallest absolute Gasteiger partial charge is 0.255 e. The van der Waals surface area contributed by atoms with Gasteiger partial charge in [0.2, 0.25) is 0 Å². The Kier molecular flexibility index (Phi) is 4.87. The minimum atomic E-state index is -3.53. The zero-order valence-electron chi connectivity index (χ0n) is 12.5. The Morgan fingerprint density at radius 3 is 2.09 bits per heavy atom. The number of hydrogen-bond acceptors (Lipinski definition) is 4. The van der Waals surface area contributed by atoms with E-state index in [1.54, 1.807) is 24.3 Å². The van der Waals surface area contributed by atoms with Gasteiger partial charge in [0.1, 0.15) is 0 Å². The van der Waals surface area contributed by atoms with Gasteiger partial charge in [0, 0.05) is 23.1 Å². The first-order valence-corrected chi connectivity index (χ1v) is 8.87. The zero-order valence-corrected chi connectivity index (χ0v) is 14.0. The summed E-state index contributed by atoms with van der Waals surface area (Å²) in [5, 5.41) is 2.70. The fourth-order valence-corrected chi connectivity index (χ4v) is 3.22. The molecule has 0 atom stereocenters. The fraction of sp³-hybridized carbons (Fsp3) is 0.125. The molecule has 0 unspecified atom stereocenters. The average molecular weight is 352 g/mol. The van der Waals surface area contributed by atoms with Gasteiger partial charge in [-0.3, -0.25) is 9.59 Å². The molecule has 0 bridgehead atoms. The third-order valence-electron chi connectivity index (χ3n) is 3.14. The Bertz CT molecular complexity index is 873. The van der Waals surface area contributed by atoms with Gasteiger partial charge in [0.05, 0.1) is 9.92 Å². The van der Waals surface area contributed by atoms with Crippen LogP contribution in [0.1, 0.15) is 27.6 Å². The van der Waals surface area contributed by atoms with Crippen molar-refractivity contribution < 1.29 is 18.0 Å². The monoisotopic (exact) mass is 351 g/mol. The number of anilines is 1. The van der Waals surface area contributed by atoms with Crippen molar-refractivity contribution >= 4 is 38.8 Å². The van der Waals surface area contributed by atoms with Crippen molar-refractivity contribution in [2.75, 3.05) is 11.6 Å². The van der Waals surface area contributed by atoms with Crippen LogP contribution >= 0.6 is 11.6 Å². The van der Waals surface area contributed by atoms with Crippen molar-refractivity contribution in [1.82, 2.24) is 0 Å². The lowest BCUT2D eigenvalue weighted by atomic mass is 10.1. The molecule has 23 heavy (non-hydrogen) atoms. The summed E-state index contributed by atoms with van der Waals surface area (Å²) >= 11 is 5.85. The molecule has 2 rings (SSSR count). The first-order valence-electron chi connectivity index (χ1n) is 6.60. The van der Waals surface area contributed by atoms with Crippen molar-refractivity contribution in [3.63, 3.8) is 0 Å². The van der Waals surface area contributed by atoms with E-state index >= 15 is 0 Å². The van der Waals surface area contributed by atoms with E-state index in [9.17, 15) is 18.0 Å². The molecule has 0 aliphatic heterocycles. The highest BCUT2D eigenvalue weighted by Gasteiger charge is 2.16. The Morgan fingerprint density at radius 2 is 1.57 bits per heavy atom. The maximum absolute atomic E-state index is 12.2. The highest BCUT2D eigenvalue weighted by atomic mass is 35.5. The van der Waals surface area contributed by atoms with Crippen LogP contribution in [0, 0.1) is 0 Å². The van der Waals surface area contributed by atoms with Gasteiger partial charge in [0.15, 0.2) is 15.6 Å². The Morgan fingerprint density at radius 1 is 1.00 bits per heavy atom. The third-order valence-corrected chi connectivity index (χ3v) is 4.72. The van der Waals surface area contributed by atoms with E-state index in [1.165, 1.54) is 25.1 Å². The van der Waals surface area contributed by atoms with E-state index in [2.05, 4.69) is 5.32 Å². The number of carbonyl (C=O) groups is 2. The Balaban J connectivity index is 2.26. The van der Waals surface area contributed by atoms with Crippen molar-refractivity contribution in [3.05, 3.63) is 58.6 Å². The van der Waals surface area contributed by atoms with Crippen LogP contribution in [0.5, 0.6) is 0 Å². The number of Topliss-reactive ketones (excluding diaryl/α,β-unsaturated/α-hetero) is 1. The van der Waals surface area contributed by atoms with Crippen LogP contribution in [0.2, 0.25) is 5.02 Å². The fourth-order valence-electron chi connectivity index (χ4n) is 1.92. The van der Waals surface area contributed by atoms with Crippen molar-refractivity contribution in [2.45, 2.75) is 11.8 Å². The van der Waals surface area contributed by atoms with Gasteiger partial charge in [-0.15, -0.1) is 0 Å². The SMILES string of the molecule is CC(=O)c1ccc(NC(=O)c2ccc(Cl)c(S(C)(=O)=O)c2)cc1. The average Bonchev–Trinajstić information content (AvgIpc) is 2.47. The van der Waals surface area contributed by atoms with E-state index < -0.39 is 15.7 Å². The van der Waals surface area contributed by atoms with Crippen LogP contribution in [0.25, 0.3) is 0 Å². The summed E-state index contributed by atoms with van der Waals surface area (Å²) in [5.41, 5.74) is 1.20. The van der Waals surface area contributed by atoms with Crippen LogP contribution in [0.4, 0.5) is 5.69 Å². The molecule has 5 nitrogen and oxygen atoms in total. The van der Waals surface area contributed by atoms with Crippen molar-refractivity contribution in [1.29, 1.82) is 0 Å². The maximum atomic E-state index is 12.2. The molecule has 0 aromatic heterocycles. The summed E-state index contributed by atoms with van der Waals surface area (Å²) in [6.45, 7) is 1.45. The third kappa shape index (κ3) is 4.18. The molecule has 0 heterocycles. The first-order chi connectivity index (χ1) is 10.7. The number of ketones is 1. The van der Waals surface area contributed by atoms with Crippen LogP contribution in [0.3, 0.4) is 0 Å². The molecule has 0 aliphatic carbocycles. The Hall–Kier alpha value is -2.18. The molecule has 0 saturated heterocycles. The van der Waals surface area contributed by atoms with E-state index in [0.29, 0.717) is 11.3 Å². The summed E-state index contributed by atoms with van der Waals surface area (Å²) < 4.78 is 23.3. The minimum Gasteiger partial charge on any atom is -0.322 e. The Labute approximate surface area is 139 Å². The quantitative estimate of drug-likeness (QED) is 0.858. The maximum Gasteiger partial charge on any atom is 0.255 e. The van der Waals surface area contributed by atoms with Gasteiger partial charge < -0.3 is 5.32 Å². The van der Waals surface area contributed by atoms with E-state index in [4.69, 9.17) is 11.6 Å². The van der Waals surface area contributed by atoms with Crippen LogP contribution < -0.4 is 5.32 Å². The molecule has 0 aliphatic rings. The second kappa shape index (κ2) is 6.52. The van der Waals surface area contributed by atoms with E-state index in [1.807, 2.05) is 0 Å². The number of hydrogen-bond donors (Lipinski definition) is 1. The first kappa shape index (κ1) is 17.2. The molecule has 1 N–H and O–H groups in total. The van der Waals surface area contributed by atoms with Gasteiger partial charge in [-0.25, -0.2) is 8.42 Å². The van der Waals surface area contributed by atoms with Crippen molar-refractivity contribution in [2.24, 2.45) is 0 Å². The highest BCUT2D eigenvalue weighted by Crippen LogP contribution is 2.23. The molecule has 1 amide bonds. The number of halogens is 1. The predicted octanol–water partition coefficient (Wildman–Crippen LogP) is 3.20. The van der Waals surface area contributed by atoms with Gasteiger partial charge >= 0.3 is 0 Å². The van der Waals surface area contributed by atoms with E-state index in [-0.39, 0.29) is 21.3 Å². The minimum absolute atomic E-state index is 0.0647. The van der Waals surface area contributed by atoms with Crippen LogP contribution in [0.15, 0.2) is 47.4 Å². The molecule has 2 aromatic rings. The van der Waals surface area contributed by atoms with E-state index in [0.717, 1.165) is 6.26 Å². The molecule has 7 heteroatoms. The normalized spacial score (nSPS) is 11.1. The number of sulfone groups is 1. The molecule has 2 aromatic carbocycles. The van der Waals surface area contributed by atoms with Gasteiger partial charge in [-0.05, 0) is 49.4 Å². The number of carbonyl (C=O) groups excluding carboxylic acids is 2. The zero-order chi connectivity index (χ0) is 17.2. The second-order valence-electron chi connectivity index (χ2n) is 5.01. The van der Waals surface area contributed by atoms with Crippen LogP contribution in [-0.2, 0) is 9.84 Å². The lowest BCUT2D eigenvalue weighted by molar-refractivity contribution is 0.101. The van der Waals surface area contributed by atoms with Crippen LogP contribution in [-0.4, -0.2) is 26.4 Å². The summed E-state index contributed by atoms with van der Waals surface area (Å²) in [6, 6.07) is 10.4. The predicted molar refractivity (Wildman–Crippen MR) is 89.0 cm³/mol. The number of benzene rings is 2. The molecule has 120 valence electrons. The summed E-state index contributed by atoms with van der Waals surface area (Å²) in [5.74, 6) is -0.541. The molecule has 0 spiro atoms. The highest BCUT2D eigenvalue weighted by molar-refractivity contribution is 7.90. The number of rotatable bonds is 4. The number of amides is 1. The van der Waals surface area contributed by atoms with Gasteiger partial charge in [-0.2, -0.15) is 0 Å².